The van der Waals surface area contributed by atoms with Gasteiger partial charge in [-0.05, 0) is 44.7 Å². The number of aryl methyl sites for hydroxylation is 1. The van der Waals surface area contributed by atoms with E-state index in [4.69, 9.17) is 4.98 Å². The van der Waals surface area contributed by atoms with Gasteiger partial charge in [0, 0.05) is 25.7 Å². The molecule has 2 aliphatic rings. The van der Waals surface area contributed by atoms with Crippen molar-refractivity contribution in [1.82, 2.24) is 14.9 Å². The number of rotatable bonds is 4. The highest BCUT2D eigenvalue weighted by atomic mass is 16.2. The molecule has 1 aromatic carbocycles. The molecule has 1 aliphatic carbocycles. The van der Waals surface area contributed by atoms with Crippen LogP contribution in [-0.2, 0) is 11.3 Å². The van der Waals surface area contributed by atoms with Crippen molar-refractivity contribution in [2.45, 2.75) is 58.0 Å². The zero-order valence-electron chi connectivity index (χ0n) is 15.1. The number of nitrogens with one attached hydrogen (secondary N) is 1. The van der Waals surface area contributed by atoms with Gasteiger partial charge in [-0.1, -0.05) is 25.0 Å². The predicted octanol–water partition coefficient (Wildman–Crippen LogP) is 3.33. The van der Waals surface area contributed by atoms with E-state index in [0.29, 0.717) is 6.04 Å². The van der Waals surface area contributed by atoms with E-state index in [0.717, 1.165) is 56.8 Å². The lowest BCUT2D eigenvalue weighted by Crippen LogP contribution is -2.46. The normalized spacial score (nSPS) is 21.8. The Kier molecular flexibility index (Phi) is 4.64. The van der Waals surface area contributed by atoms with Crippen LogP contribution in [0.5, 0.6) is 0 Å². The maximum atomic E-state index is 12.7. The summed E-state index contributed by atoms with van der Waals surface area (Å²) in [7, 11) is 0. The lowest BCUT2D eigenvalue weighted by molar-refractivity contribution is -0.125. The molecule has 2 fully saturated rings. The van der Waals surface area contributed by atoms with E-state index >= 15 is 0 Å². The number of piperidine rings is 1. The highest BCUT2D eigenvalue weighted by Crippen LogP contribution is 2.27. The third-order valence-electron chi connectivity index (χ3n) is 5.73. The van der Waals surface area contributed by atoms with Crippen molar-refractivity contribution < 1.29 is 4.79 Å². The van der Waals surface area contributed by atoms with Crippen molar-refractivity contribution in [3.05, 3.63) is 24.3 Å². The average molecular weight is 340 g/mol. The van der Waals surface area contributed by atoms with Crippen LogP contribution in [0.4, 0.5) is 5.95 Å². The van der Waals surface area contributed by atoms with Gasteiger partial charge in [0.25, 0.3) is 0 Å². The van der Waals surface area contributed by atoms with Gasteiger partial charge >= 0.3 is 0 Å². The fraction of sp³-hybridized carbons (Fsp3) is 0.600. The Balaban J connectivity index is 1.52. The van der Waals surface area contributed by atoms with Crippen LogP contribution >= 0.6 is 0 Å². The van der Waals surface area contributed by atoms with Gasteiger partial charge < -0.3 is 14.8 Å². The van der Waals surface area contributed by atoms with Crippen LogP contribution in [0.1, 0.15) is 45.4 Å². The van der Waals surface area contributed by atoms with Gasteiger partial charge in [0.2, 0.25) is 11.9 Å². The fourth-order valence-electron chi connectivity index (χ4n) is 4.38. The summed E-state index contributed by atoms with van der Waals surface area (Å²) in [5.41, 5.74) is 2.22. The van der Waals surface area contributed by atoms with E-state index in [9.17, 15) is 4.79 Å². The van der Waals surface area contributed by atoms with Gasteiger partial charge in [-0.3, -0.25) is 4.79 Å². The Hall–Kier alpha value is -2.04. The van der Waals surface area contributed by atoms with Crippen LogP contribution in [0.25, 0.3) is 11.0 Å². The summed E-state index contributed by atoms with van der Waals surface area (Å²) in [5, 5.41) is 3.28. The fourth-order valence-corrected chi connectivity index (χ4v) is 4.38. The molecule has 1 atom stereocenters. The van der Waals surface area contributed by atoms with Crippen LogP contribution in [0, 0.1) is 5.92 Å². The van der Waals surface area contributed by atoms with Crippen LogP contribution in [-0.4, -0.2) is 34.6 Å². The zero-order valence-corrected chi connectivity index (χ0v) is 15.1. The lowest BCUT2D eigenvalue weighted by atomic mass is 9.97. The molecule has 1 saturated carbocycles. The summed E-state index contributed by atoms with van der Waals surface area (Å²) in [4.78, 5) is 19.9. The third-order valence-corrected chi connectivity index (χ3v) is 5.73. The highest BCUT2D eigenvalue weighted by molar-refractivity contribution is 5.81. The number of para-hydroxylation sites is 2. The lowest BCUT2D eigenvalue weighted by Gasteiger charge is -2.33. The van der Waals surface area contributed by atoms with Crippen molar-refractivity contribution in [3.63, 3.8) is 0 Å². The Labute approximate surface area is 149 Å². The molecule has 0 unspecified atom stereocenters. The first-order valence-electron chi connectivity index (χ1n) is 9.77. The molecule has 1 saturated heterocycles. The van der Waals surface area contributed by atoms with Crippen molar-refractivity contribution in [3.8, 4) is 0 Å². The molecule has 134 valence electrons. The maximum absolute atomic E-state index is 12.7. The third kappa shape index (κ3) is 3.24. The molecule has 1 amide bonds. The van der Waals surface area contributed by atoms with E-state index in [2.05, 4.69) is 39.9 Å². The number of anilines is 1. The molecule has 0 bridgehead atoms. The number of hydrogen-bond acceptors (Lipinski definition) is 3. The Morgan fingerprint density at radius 3 is 2.80 bits per heavy atom. The largest absolute Gasteiger partial charge is 0.353 e. The minimum Gasteiger partial charge on any atom is -0.353 e. The molecule has 1 aliphatic heterocycles. The molecule has 1 aromatic heterocycles. The second-order valence-corrected chi connectivity index (χ2v) is 7.42. The van der Waals surface area contributed by atoms with E-state index in [-0.39, 0.29) is 11.8 Å². The highest BCUT2D eigenvalue weighted by Gasteiger charge is 2.30. The number of amides is 1. The second kappa shape index (κ2) is 7.06. The predicted molar refractivity (Wildman–Crippen MR) is 101 cm³/mol. The maximum Gasteiger partial charge on any atom is 0.225 e. The summed E-state index contributed by atoms with van der Waals surface area (Å²) in [6.45, 7) is 4.82. The molecule has 25 heavy (non-hydrogen) atoms. The van der Waals surface area contributed by atoms with E-state index in [1.807, 2.05) is 6.07 Å². The second-order valence-electron chi connectivity index (χ2n) is 7.42. The van der Waals surface area contributed by atoms with Crippen LogP contribution < -0.4 is 10.2 Å². The molecule has 4 rings (SSSR count). The summed E-state index contributed by atoms with van der Waals surface area (Å²) in [5.74, 6) is 1.34. The molecular weight excluding hydrogens is 312 g/mol. The van der Waals surface area contributed by atoms with E-state index in [1.54, 1.807) is 0 Å². The van der Waals surface area contributed by atoms with E-state index < -0.39 is 0 Å². The summed E-state index contributed by atoms with van der Waals surface area (Å²) >= 11 is 0. The quantitative estimate of drug-likeness (QED) is 0.929. The SMILES string of the molecule is CCn1c(N2CCC[C@H](C(=O)NC3CCCC3)C2)nc2ccccc21. The number of nitrogens with zero attached hydrogens (tertiary/aromatic N) is 3. The molecule has 0 spiro atoms. The number of carbonyl (C=O) groups excluding carboxylic acids is 1. The summed E-state index contributed by atoms with van der Waals surface area (Å²) < 4.78 is 2.27. The minimum absolute atomic E-state index is 0.0828. The molecule has 5 heteroatoms. The van der Waals surface area contributed by atoms with Crippen molar-refractivity contribution in [2.75, 3.05) is 18.0 Å². The Bertz CT molecular complexity index is 747. The smallest absolute Gasteiger partial charge is 0.225 e. The number of carbonyl (C=O) groups is 1. The van der Waals surface area contributed by atoms with Gasteiger partial charge in [-0.2, -0.15) is 0 Å². The summed E-state index contributed by atoms with van der Waals surface area (Å²) in [6, 6.07) is 8.70. The number of benzene rings is 1. The Morgan fingerprint density at radius 2 is 2.00 bits per heavy atom. The first-order chi connectivity index (χ1) is 12.3. The van der Waals surface area contributed by atoms with Gasteiger partial charge in [-0.25, -0.2) is 4.98 Å². The van der Waals surface area contributed by atoms with Crippen molar-refractivity contribution in [1.29, 1.82) is 0 Å². The standard InChI is InChI=1S/C20H28N4O/c1-2-24-18-12-6-5-11-17(18)22-20(24)23-13-7-8-15(14-23)19(25)21-16-9-3-4-10-16/h5-6,11-12,15-16H,2-4,7-10,13-14H2,1H3,(H,21,25)/t15-/m0/s1. The zero-order chi connectivity index (χ0) is 17.2. The average Bonchev–Trinajstić information content (AvgIpc) is 3.28. The number of aromatic nitrogens is 2. The van der Waals surface area contributed by atoms with Crippen LogP contribution in [0.3, 0.4) is 0 Å². The monoisotopic (exact) mass is 340 g/mol. The minimum atomic E-state index is 0.0828. The van der Waals surface area contributed by atoms with Crippen LogP contribution in [0.2, 0.25) is 0 Å². The molecule has 5 nitrogen and oxygen atoms in total. The van der Waals surface area contributed by atoms with Gasteiger partial charge in [0.1, 0.15) is 0 Å². The van der Waals surface area contributed by atoms with E-state index in [1.165, 1.54) is 18.4 Å². The molecule has 1 N–H and O–H groups in total. The molecular formula is C20H28N4O. The topological polar surface area (TPSA) is 50.2 Å². The van der Waals surface area contributed by atoms with Crippen LogP contribution in [0.15, 0.2) is 24.3 Å². The van der Waals surface area contributed by atoms with Gasteiger partial charge in [0.15, 0.2) is 0 Å². The van der Waals surface area contributed by atoms with Gasteiger partial charge in [0.05, 0.1) is 17.0 Å². The molecule has 2 aromatic rings. The Morgan fingerprint density at radius 1 is 1.20 bits per heavy atom. The summed E-state index contributed by atoms with van der Waals surface area (Å²) in [6.07, 6.45) is 6.84. The molecule has 2 heterocycles. The van der Waals surface area contributed by atoms with Gasteiger partial charge in [-0.15, -0.1) is 0 Å². The number of imidazole rings is 1. The number of hydrogen-bond donors (Lipinski definition) is 1. The molecule has 0 radical (unpaired) electrons. The first-order valence-corrected chi connectivity index (χ1v) is 9.77. The first kappa shape index (κ1) is 16.4. The van der Waals surface area contributed by atoms with Crippen molar-refractivity contribution >= 4 is 22.9 Å². The van der Waals surface area contributed by atoms with Crippen molar-refractivity contribution in [2.24, 2.45) is 5.92 Å². The number of fused-ring (bicyclic) bond motifs is 1.